The summed E-state index contributed by atoms with van der Waals surface area (Å²) in [5.41, 5.74) is 6.09. The predicted molar refractivity (Wildman–Crippen MR) is 74.2 cm³/mol. The van der Waals surface area contributed by atoms with E-state index < -0.39 is 0 Å². The summed E-state index contributed by atoms with van der Waals surface area (Å²) >= 11 is 0. The lowest BCUT2D eigenvalue weighted by Crippen LogP contribution is -2.39. The lowest BCUT2D eigenvalue weighted by molar-refractivity contribution is -0.133. The fourth-order valence-electron chi connectivity index (χ4n) is 3.58. The van der Waals surface area contributed by atoms with E-state index in [1.54, 1.807) is 0 Å². The first kappa shape index (κ1) is 13.9. The van der Waals surface area contributed by atoms with Crippen LogP contribution in [0.15, 0.2) is 0 Å². The van der Waals surface area contributed by atoms with Crippen molar-refractivity contribution in [2.75, 3.05) is 19.6 Å². The van der Waals surface area contributed by atoms with E-state index in [4.69, 9.17) is 5.73 Å². The Kier molecular flexibility index (Phi) is 4.66. The maximum Gasteiger partial charge on any atom is 0.223 e. The van der Waals surface area contributed by atoms with Crippen molar-refractivity contribution in [3.8, 4) is 0 Å². The maximum atomic E-state index is 12.4. The molecule has 1 saturated heterocycles. The third kappa shape index (κ3) is 3.05. The van der Waals surface area contributed by atoms with Crippen LogP contribution in [0.2, 0.25) is 0 Å². The van der Waals surface area contributed by atoms with Crippen molar-refractivity contribution in [3.63, 3.8) is 0 Å². The molecular weight excluding hydrogens is 224 g/mol. The van der Waals surface area contributed by atoms with E-state index in [0.717, 1.165) is 31.8 Å². The zero-order valence-electron chi connectivity index (χ0n) is 11.8. The van der Waals surface area contributed by atoms with Gasteiger partial charge in [0.2, 0.25) is 5.91 Å². The Bertz CT molecular complexity index is 284. The van der Waals surface area contributed by atoms with Crippen LogP contribution >= 0.6 is 0 Å². The molecule has 1 aliphatic carbocycles. The minimum atomic E-state index is 0.125. The maximum absolute atomic E-state index is 12.4. The van der Waals surface area contributed by atoms with Crippen molar-refractivity contribution in [2.45, 2.75) is 58.3 Å². The highest BCUT2D eigenvalue weighted by molar-refractivity contribution is 5.77. The molecular formula is C15H28N2O. The van der Waals surface area contributed by atoms with Crippen molar-refractivity contribution in [2.24, 2.45) is 17.1 Å². The van der Waals surface area contributed by atoms with Gasteiger partial charge in [0, 0.05) is 19.5 Å². The van der Waals surface area contributed by atoms with Gasteiger partial charge in [-0.25, -0.2) is 0 Å². The lowest BCUT2D eigenvalue weighted by atomic mass is 9.71. The molecule has 0 aromatic heterocycles. The minimum absolute atomic E-state index is 0.125. The zero-order valence-corrected chi connectivity index (χ0v) is 11.8. The summed E-state index contributed by atoms with van der Waals surface area (Å²) in [4.78, 5) is 14.5. The van der Waals surface area contributed by atoms with Gasteiger partial charge in [0.15, 0.2) is 0 Å². The van der Waals surface area contributed by atoms with Crippen LogP contribution in [0.5, 0.6) is 0 Å². The summed E-state index contributed by atoms with van der Waals surface area (Å²) in [6.07, 6.45) is 9.21. The molecule has 1 amide bonds. The molecule has 0 radical (unpaired) electrons. The molecule has 3 heteroatoms. The highest BCUT2D eigenvalue weighted by Crippen LogP contribution is 2.39. The summed E-state index contributed by atoms with van der Waals surface area (Å²) in [6, 6.07) is 0. The van der Waals surface area contributed by atoms with E-state index in [9.17, 15) is 4.79 Å². The molecule has 3 nitrogen and oxygen atoms in total. The van der Waals surface area contributed by atoms with Gasteiger partial charge in [-0.05, 0) is 37.1 Å². The van der Waals surface area contributed by atoms with Crippen LogP contribution in [0.3, 0.4) is 0 Å². The number of carbonyl (C=O) groups excluding carboxylic acids is 1. The first-order chi connectivity index (χ1) is 8.69. The molecule has 1 saturated carbocycles. The second kappa shape index (κ2) is 6.05. The van der Waals surface area contributed by atoms with Gasteiger partial charge in [-0.3, -0.25) is 4.79 Å². The Labute approximate surface area is 111 Å². The Hall–Kier alpha value is -0.570. The SMILES string of the molecule is CCC1CCN(C(=O)CC2(CN)CCCCC2)C1. The van der Waals surface area contributed by atoms with Gasteiger partial charge < -0.3 is 10.6 Å². The molecule has 0 aromatic rings. The summed E-state index contributed by atoms with van der Waals surface area (Å²) in [6.45, 7) is 4.86. The third-order valence-electron chi connectivity index (χ3n) is 5.09. The predicted octanol–water partition coefficient (Wildman–Crippen LogP) is 2.54. The van der Waals surface area contributed by atoms with Crippen LogP contribution in [0.25, 0.3) is 0 Å². The molecule has 1 heterocycles. The minimum Gasteiger partial charge on any atom is -0.342 e. The van der Waals surface area contributed by atoms with Crippen LogP contribution in [0, 0.1) is 11.3 Å². The van der Waals surface area contributed by atoms with Gasteiger partial charge in [0.1, 0.15) is 0 Å². The van der Waals surface area contributed by atoms with Gasteiger partial charge in [0.05, 0.1) is 0 Å². The number of carbonyl (C=O) groups is 1. The van der Waals surface area contributed by atoms with E-state index in [0.29, 0.717) is 18.9 Å². The molecule has 104 valence electrons. The van der Waals surface area contributed by atoms with Crippen LogP contribution in [-0.2, 0) is 4.79 Å². The summed E-state index contributed by atoms with van der Waals surface area (Å²) in [5.74, 6) is 1.09. The molecule has 0 aromatic carbocycles. The van der Waals surface area contributed by atoms with E-state index in [1.807, 2.05) is 0 Å². The highest BCUT2D eigenvalue weighted by Gasteiger charge is 2.35. The number of nitrogens with two attached hydrogens (primary N) is 1. The molecule has 1 aliphatic heterocycles. The van der Waals surface area contributed by atoms with Gasteiger partial charge in [-0.15, -0.1) is 0 Å². The van der Waals surface area contributed by atoms with Crippen molar-refractivity contribution < 1.29 is 4.79 Å². The Morgan fingerprint density at radius 1 is 1.33 bits per heavy atom. The highest BCUT2D eigenvalue weighted by atomic mass is 16.2. The van der Waals surface area contributed by atoms with E-state index in [-0.39, 0.29) is 5.41 Å². The second-order valence-electron chi connectivity index (χ2n) is 6.34. The summed E-state index contributed by atoms with van der Waals surface area (Å²) < 4.78 is 0. The van der Waals surface area contributed by atoms with E-state index >= 15 is 0 Å². The quantitative estimate of drug-likeness (QED) is 0.836. The molecule has 2 aliphatic rings. The first-order valence-electron chi connectivity index (χ1n) is 7.67. The second-order valence-corrected chi connectivity index (χ2v) is 6.34. The van der Waals surface area contributed by atoms with Crippen molar-refractivity contribution >= 4 is 5.91 Å². The van der Waals surface area contributed by atoms with Gasteiger partial charge in [-0.2, -0.15) is 0 Å². The normalized spacial score (nSPS) is 27.4. The van der Waals surface area contributed by atoms with E-state index in [1.165, 1.54) is 32.1 Å². The molecule has 2 N–H and O–H groups in total. The Balaban J connectivity index is 1.89. The number of amides is 1. The van der Waals surface area contributed by atoms with Crippen molar-refractivity contribution in [3.05, 3.63) is 0 Å². The zero-order chi connectivity index (χ0) is 13.0. The van der Waals surface area contributed by atoms with Crippen LogP contribution < -0.4 is 5.73 Å². The Morgan fingerprint density at radius 2 is 2.06 bits per heavy atom. The number of nitrogens with zero attached hydrogens (tertiary/aromatic N) is 1. The number of hydrogen-bond acceptors (Lipinski definition) is 2. The topological polar surface area (TPSA) is 46.3 Å². The molecule has 18 heavy (non-hydrogen) atoms. The molecule has 0 bridgehead atoms. The fourth-order valence-corrected chi connectivity index (χ4v) is 3.58. The van der Waals surface area contributed by atoms with Crippen LogP contribution in [0.1, 0.15) is 58.3 Å². The van der Waals surface area contributed by atoms with Crippen molar-refractivity contribution in [1.82, 2.24) is 4.90 Å². The number of rotatable bonds is 4. The van der Waals surface area contributed by atoms with Crippen molar-refractivity contribution in [1.29, 1.82) is 0 Å². The van der Waals surface area contributed by atoms with Gasteiger partial charge >= 0.3 is 0 Å². The average Bonchev–Trinajstić information content (AvgIpc) is 2.88. The fraction of sp³-hybridized carbons (Fsp3) is 0.933. The Morgan fingerprint density at radius 3 is 2.61 bits per heavy atom. The third-order valence-corrected chi connectivity index (χ3v) is 5.09. The number of likely N-dealkylation sites (tertiary alicyclic amines) is 1. The monoisotopic (exact) mass is 252 g/mol. The molecule has 2 rings (SSSR count). The van der Waals surface area contributed by atoms with Crippen LogP contribution in [0.4, 0.5) is 0 Å². The summed E-state index contributed by atoms with van der Waals surface area (Å²) in [7, 11) is 0. The van der Waals surface area contributed by atoms with E-state index in [2.05, 4.69) is 11.8 Å². The first-order valence-corrected chi connectivity index (χ1v) is 7.67. The summed E-state index contributed by atoms with van der Waals surface area (Å²) in [5, 5.41) is 0. The molecule has 2 fully saturated rings. The average molecular weight is 252 g/mol. The smallest absolute Gasteiger partial charge is 0.223 e. The molecule has 0 spiro atoms. The lowest BCUT2D eigenvalue weighted by Gasteiger charge is -2.36. The molecule has 1 atom stereocenters. The van der Waals surface area contributed by atoms with Gasteiger partial charge in [-0.1, -0.05) is 32.6 Å². The molecule has 1 unspecified atom stereocenters. The van der Waals surface area contributed by atoms with Crippen LogP contribution in [-0.4, -0.2) is 30.4 Å². The van der Waals surface area contributed by atoms with Gasteiger partial charge in [0.25, 0.3) is 0 Å². The largest absolute Gasteiger partial charge is 0.342 e. The standard InChI is InChI=1S/C15H28N2O/c1-2-13-6-9-17(11-13)14(18)10-15(12-16)7-4-3-5-8-15/h13H,2-12,16H2,1H3. The number of hydrogen-bond donors (Lipinski definition) is 1.